The summed E-state index contributed by atoms with van der Waals surface area (Å²) >= 11 is 1.71. The average molecular weight is 340 g/mol. The van der Waals surface area contributed by atoms with Gasteiger partial charge in [-0.3, -0.25) is 4.79 Å². The van der Waals surface area contributed by atoms with E-state index in [-0.39, 0.29) is 11.1 Å². The molecule has 0 saturated carbocycles. The first-order valence-electron chi connectivity index (χ1n) is 8.07. The minimum absolute atomic E-state index is 0.119. The molecule has 0 radical (unpaired) electrons. The SMILES string of the molecule is CSCCc1nc(N2CCc3ccccc3CC2)c(C#N)c(=O)[nH]1. The average Bonchev–Trinajstić information content (AvgIpc) is 2.82. The summed E-state index contributed by atoms with van der Waals surface area (Å²) < 4.78 is 0. The van der Waals surface area contributed by atoms with E-state index < -0.39 is 0 Å². The number of hydrogen-bond acceptors (Lipinski definition) is 5. The molecule has 0 aliphatic carbocycles. The molecule has 0 atom stereocenters. The fourth-order valence-corrected chi connectivity index (χ4v) is 3.43. The van der Waals surface area contributed by atoms with Crippen molar-refractivity contribution in [3.05, 3.63) is 57.1 Å². The molecule has 1 N–H and O–H groups in total. The number of anilines is 1. The van der Waals surface area contributed by atoms with Gasteiger partial charge in [0.05, 0.1) is 0 Å². The summed E-state index contributed by atoms with van der Waals surface area (Å²) in [7, 11) is 0. The third kappa shape index (κ3) is 3.46. The van der Waals surface area contributed by atoms with Crippen molar-refractivity contribution in [1.82, 2.24) is 9.97 Å². The highest BCUT2D eigenvalue weighted by molar-refractivity contribution is 7.98. The Labute approximate surface area is 145 Å². The van der Waals surface area contributed by atoms with Crippen LogP contribution in [0.15, 0.2) is 29.1 Å². The van der Waals surface area contributed by atoms with E-state index in [1.54, 1.807) is 11.8 Å². The zero-order valence-electron chi connectivity index (χ0n) is 13.7. The van der Waals surface area contributed by atoms with E-state index in [9.17, 15) is 10.1 Å². The fraction of sp³-hybridized carbons (Fsp3) is 0.389. The second kappa shape index (κ2) is 7.54. The summed E-state index contributed by atoms with van der Waals surface area (Å²) in [6.45, 7) is 1.54. The molecule has 0 spiro atoms. The Morgan fingerprint density at radius 2 is 1.96 bits per heavy atom. The molecule has 0 bridgehead atoms. The molecule has 0 saturated heterocycles. The van der Waals surface area contributed by atoms with E-state index >= 15 is 0 Å². The number of aromatic nitrogens is 2. The van der Waals surface area contributed by atoms with Crippen molar-refractivity contribution in [2.75, 3.05) is 30.0 Å². The highest BCUT2D eigenvalue weighted by Gasteiger charge is 2.20. The lowest BCUT2D eigenvalue weighted by molar-refractivity contribution is 0.773. The molecule has 2 aromatic rings. The molecule has 1 aromatic heterocycles. The van der Waals surface area contributed by atoms with Gasteiger partial charge in [-0.2, -0.15) is 17.0 Å². The molecule has 124 valence electrons. The highest BCUT2D eigenvalue weighted by atomic mass is 32.2. The van der Waals surface area contributed by atoms with Crippen molar-refractivity contribution < 1.29 is 0 Å². The van der Waals surface area contributed by atoms with E-state index in [1.165, 1.54) is 11.1 Å². The lowest BCUT2D eigenvalue weighted by atomic mass is 10.0. The molecular weight excluding hydrogens is 320 g/mol. The molecule has 5 nitrogen and oxygen atoms in total. The Morgan fingerprint density at radius 1 is 1.29 bits per heavy atom. The second-order valence-electron chi connectivity index (χ2n) is 5.82. The van der Waals surface area contributed by atoms with Gasteiger partial charge in [-0.15, -0.1) is 0 Å². The first-order chi connectivity index (χ1) is 11.7. The van der Waals surface area contributed by atoms with Gasteiger partial charge in [0.2, 0.25) is 0 Å². The third-order valence-corrected chi connectivity index (χ3v) is 4.94. The number of benzene rings is 1. The maximum absolute atomic E-state index is 12.3. The number of aryl methyl sites for hydroxylation is 1. The number of aromatic amines is 1. The molecule has 1 aromatic carbocycles. The van der Waals surface area contributed by atoms with Gasteiger partial charge < -0.3 is 9.88 Å². The van der Waals surface area contributed by atoms with Crippen LogP contribution in [0.1, 0.15) is 22.5 Å². The van der Waals surface area contributed by atoms with Crippen LogP contribution >= 0.6 is 11.8 Å². The van der Waals surface area contributed by atoms with E-state index in [4.69, 9.17) is 0 Å². The van der Waals surface area contributed by atoms with Gasteiger partial charge in [0.1, 0.15) is 11.9 Å². The molecule has 0 unspecified atom stereocenters. The van der Waals surface area contributed by atoms with Gasteiger partial charge in [0.25, 0.3) is 5.56 Å². The normalized spacial score (nSPS) is 13.9. The summed E-state index contributed by atoms with van der Waals surface area (Å²) in [5.74, 6) is 2.08. The Hall–Kier alpha value is -2.26. The van der Waals surface area contributed by atoms with Gasteiger partial charge in [-0.1, -0.05) is 24.3 Å². The van der Waals surface area contributed by atoms with Gasteiger partial charge in [-0.05, 0) is 30.2 Å². The van der Waals surface area contributed by atoms with Crippen LogP contribution in [0.2, 0.25) is 0 Å². The van der Waals surface area contributed by atoms with Crippen LogP contribution in [0.25, 0.3) is 0 Å². The first kappa shape index (κ1) is 16.6. The summed E-state index contributed by atoms with van der Waals surface area (Å²) in [5.41, 5.74) is 2.46. The first-order valence-corrected chi connectivity index (χ1v) is 9.46. The zero-order valence-corrected chi connectivity index (χ0v) is 14.5. The van der Waals surface area contributed by atoms with E-state index in [1.807, 2.05) is 12.3 Å². The van der Waals surface area contributed by atoms with Gasteiger partial charge in [-0.25, -0.2) is 4.98 Å². The van der Waals surface area contributed by atoms with Crippen LogP contribution in [-0.4, -0.2) is 35.1 Å². The predicted octanol–water partition coefficient (Wildman–Crippen LogP) is 2.15. The minimum atomic E-state index is -0.333. The summed E-state index contributed by atoms with van der Waals surface area (Å²) in [6.07, 6.45) is 4.52. The lowest BCUT2D eigenvalue weighted by Gasteiger charge is -2.22. The number of rotatable bonds is 4. The van der Waals surface area contributed by atoms with Crippen LogP contribution in [-0.2, 0) is 19.3 Å². The van der Waals surface area contributed by atoms with E-state index in [0.29, 0.717) is 18.1 Å². The summed E-state index contributed by atoms with van der Waals surface area (Å²) in [6, 6.07) is 10.5. The number of hydrogen-bond donors (Lipinski definition) is 1. The van der Waals surface area contributed by atoms with Gasteiger partial charge in [0, 0.05) is 25.3 Å². The third-order valence-electron chi connectivity index (χ3n) is 4.32. The zero-order chi connectivity index (χ0) is 16.9. The lowest BCUT2D eigenvalue weighted by Crippen LogP contribution is -2.31. The second-order valence-corrected chi connectivity index (χ2v) is 6.81. The molecule has 1 aliphatic rings. The topological polar surface area (TPSA) is 72.8 Å². The van der Waals surface area contributed by atoms with Crippen molar-refractivity contribution in [1.29, 1.82) is 5.26 Å². The molecule has 0 amide bonds. The maximum atomic E-state index is 12.3. The number of thioether (sulfide) groups is 1. The van der Waals surface area contributed by atoms with Crippen LogP contribution < -0.4 is 10.5 Å². The van der Waals surface area contributed by atoms with E-state index in [0.717, 1.165) is 31.7 Å². The van der Waals surface area contributed by atoms with Gasteiger partial charge >= 0.3 is 0 Å². The van der Waals surface area contributed by atoms with Crippen LogP contribution in [0.4, 0.5) is 5.82 Å². The predicted molar refractivity (Wildman–Crippen MR) is 97.7 cm³/mol. The highest BCUT2D eigenvalue weighted by Crippen LogP contribution is 2.21. The van der Waals surface area contributed by atoms with Crippen LogP contribution in [0.5, 0.6) is 0 Å². The Balaban J connectivity index is 1.92. The quantitative estimate of drug-likeness (QED) is 0.923. The Bertz CT molecular complexity index is 797. The van der Waals surface area contributed by atoms with Gasteiger partial charge in [0.15, 0.2) is 11.4 Å². The molecule has 1 aliphatic heterocycles. The molecule has 0 fully saturated rings. The Kier molecular flexibility index (Phi) is 5.21. The van der Waals surface area contributed by atoms with Crippen LogP contribution in [0.3, 0.4) is 0 Å². The molecular formula is C18H20N4OS. The van der Waals surface area contributed by atoms with Crippen LogP contribution in [0, 0.1) is 11.3 Å². The maximum Gasteiger partial charge on any atom is 0.271 e. The smallest absolute Gasteiger partial charge is 0.271 e. The number of nitrogens with one attached hydrogen (secondary N) is 1. The molecule has 2 heterocycles. The van der Waals surface area contributed by atoms with E-state index in [2.05, 4.69) is 39.1 Å². The van der Waals surface area contributed by atoms with Crippen molar-refractivity contribution in [2.45, 2.75) is 19.3 Å². The summed E-state index contributed by atoms with van der Waals surface area (Å²) in [4.78, 5) is 21.7. The number of fused-ring (bicyclic) bond motifs is 1. The molecule has 24 heavy (non-hydrogen) atoms. The number of nitrogens with zero attached hydrogens (tertiary/aromatic N) is 3. The number of H-pyrrole nitrogens is 1. The summed E-state index contributed by atoms with van der Waals surface area (Å²) in [5, 5.41) is 9.40. The standard InChI is InChI=1S/C18H20N4OS/c1-24-11-8-16-20-17(15(12-19)18(23)21-16)22-9-6-13-4-2-3-5-14(13)7-10-22/h2-5H,6-11H2,1H3,(H,20,21,23). The minimum Gasteiger partial charge on any atom is -0.355 e. The Morgan fingerprint density at radius 3 is 2.54 bits per heavy atom. The van der Waals surface area contributed by atoms with Crippen molar-refractivity contribution >= 4 is 17.6 Å². The van der Waals surface area contributed by atoms with Crippen molar-refractivity contribution in [3.63, 3.8) is 0 Å². The largest absolute Gasteiger partial charge is 0.355 e. The fourth-order valence-electron chi connectivity index (χ4n) is 3.03. The van der Waals surface area contributed by atoms with Crippen molar-refractivity contribution in [3.8, 4) is 6.07 Å². The molecule has 3 rings (SSSR count). The van der Waals surface area contributed by atoms with Crippen molar-refractivity contribution in [2.24, 2.45) is 0 Å². The molecule has 6 heteroatoms. The number of nitriles is 1. The monoisotopic (exact) mass is 340 g/mol.